The topological polar surface area (TPSA) is 66.5 Å². The molecule has 0 aromatic heterocycles. The molecule has 2 saturated carbocycles. The number of imide groups is 1. The number of hydrogen-bond acceptors (Lipinski definition) is 3. The molecule has 0 spiro atoms. The lowest BCUT2D eigenvalue weighted by Gasteiger charge is -2.37. The zero-order valence-corrected chi connectivity index (χ0v) is 15.0. The van der Waals surface area contributed by atoms with E-state index in [1.54, 1.807) is 31.2 Å². The van der Waals surface area contributed by atoms with Gasteiger partial charge in [-0.3, -0.25) is 19.3 Å². The number of anilines is 1. The van der Waals surface area contributed by atoms with Gasteiger partial charge in [0.25, 0.3) is 0 Å². The molecule has 4 aliphatic carbocycles. The van der Waals surface area contributed by atoms with Crippen LogP contribution in [0.5, 0.6) is 0 Å². The highest BCUT2D eigenvalue weighted by atomic mass is 35.5. The lowest BCUT2D eigenvalue weighted by Crippen LogP contribution is -2.46. The van der Waals surface area contributed by atoms with Crippen LogP contribution in [0.15, 0.2) is 36.4 Å². The molecule has 1 saturated heterocycles. The van der Waals surface area contributed by atoms with Gasteiger partial charge in [-0.15, -0.1) is 0 Å². The normalized spacial score (nSPS) is 37.4. The van der Waals surface area contributed by atoms with Crippen LogP contribution in [-0.2, 0) is 14.4 Å². The Balaban J connectivity index is 1.37. The van der Waals surface area contributed by atoms with Crippen molar-refractivity contribution in [2.24, 2.45) is 35.5 Å². The minimum Gasteiger partial charge on any atom is -0.324 e. The third-order valence-electron chi connectivity index (χ3n) is 6.58. The van der Waals surface area contributed by atoms with Crippen LogP contribution in [0.4, 0.5) is 5.69 Å². The van der Waals surface area contributed by atoms with Gasteiger partial charge < -0.3 is 5.32 Å². The summed E-state index contributed by atoms with van der Waals surface area (Å²) >= 11 is 5.85. The Morgan fingerprint density at radius 1 is 1.08 bits per heavy atom. The average Bonchev–Trinajstić information content (AvgIpc) is 3.41. The van der Waals surface area contributed by atoms with E-state index >= 15 is 0 Å². The van der Waals surface area contributed by atoms with Gasteiger partial charge in [-0.2, -0.15) is 0 Å². The summed E-state index contributed by atoms with van der Waals surface area (Å²) in [6.07, 6.45) is 5.39. The quantitative estimate of drug-likeness (QED) is 0.657. The summed E-state index contributed by atoms with van der Waals surface area (Å²) in [5.74, 6) is 0.192. The summed E-state index contributed by atoms with van der Waals surface area (Å²) in [7, 11) is 0. The van der Waals surface area contributed by atoms with Crippen molar-refractivity contribution in [3.63, 3.8) is 0 Å². The summed E-state index contributed by atoms with van der Waals surface area (Å²) < 4.78 is 0. The third kappa shape index (κ3) is 2.13. The zero-order chi connectivity index (χ0) is 18.2. The zero-order valence-electron chi connectivity index (χ0n) is 14.3. The van der Waals surface area contributed by atoms with Crippen molar-refractivity contribution >= 4 is 35.0 Å². The van der Waals surface area contributed by atoms with E-state index in [1.165, 1.54) is 4.90 Å². The van der Waals surface area contributed by atoms with Crippen molar-refractivity contribution < 1.29 is 14.4 Å². The van der Waals surface area contributed by atoms with Crippen LogP contribution < -0.4 is 5.32 Å². The molecule has 0 radical (unpaired) electrons. The van der Waals surface area contributed by atoms with Crippen molar-refractivity contribution in [1.82, 2.24) is 4.90 Å². The molecule has 1 aromatic carbocycles. The SMILES string of the molecule is C[C@H](C(=O)Nc1ccc(Cl)cc1)N1C(=O)[C@@H]2[C@@H]3C=C[C@H]([C@H]4C[C@H]34)[C@@H]2C1=O. The molecule has 0 unspecified atom stereocenters. The molecule has 3 fully saturated rings. The second-order valence-corrected chi connectivity index (χ2v) is 8.31. The maximum absolute atomic E-state index is 13.0. The van der Waals surface area contributed by atoms with Crippen molar-refractivity contribution in [1.29, 1.82) is 0 Å². The molecule has 6 rings (SSSR count). The Morgan fingerprint density at radius 2 is 1.62 bits per heavy atom. The number of likely N-dealkylation sites (tertiary alicyclic amines) is 1. The number of carbonyl (C=O) groups excluding carboxylic acids is 3. The van der Waals surface area contributed by atoms with Gasteiger partial charge in [0.1, 0.15) is 6.04 Å². The smallest absolute Gasteiger partial charge is 0.247 e. The number of nitrogens with one attached hydrogen (secondary N) is 1. The Hall–Kier alpha value is -2.14. The molecule has 1 heterocycles. The Morgan fingerprint density at radius 3 is 2.15 bits per heavy atom. The maximum Gasteiger partial charge on any atom is 0.247 e. The molecule has 7 atom stereocenters. The molecular formula is C20H19ClN2O3. The van der Waals surface area contributed by atoms with E-state index in [-0.39, 0.29) is 41.4 Å². The highest BCUT2D eigenvalue weighted by Crippen LogP contribution is 2.65. The summed E-state index contributed by atoms with van der Waals surface area (Å²) in [6, 6.07) is 5.92. The first-order valence-corrected chi connectivity index (χ1v) is 9.47. The highest BCUT2D eigenvalue weighted by molar-refractivity contribution is 6.30. The van der Waals surface area contributed by atoms with Crippen LogP contribution in [0.25, 0.3) is 0 Å². The lowest BCUT2D eigenvalue weighted by molar-refractivity contribution is -0.146. The van der Waals surface area contributed by atoms with E-state index in [2.05, 4.69) is 17.5 Å². The van der Waals surface area contributed by atoms with Gasteiger partial charge in [0.15, 0.2) is 0 Å². The van der Waals surface area contributed by atoms with E-state index in [4.69, 9.17) is 11.6 Å². The van der Waals surface area contributed by atoms with Gasteiger partial charge >= 0.3 is 0 Å². The molecule has 5 aliphatic rings. The molecule has 2 bridgehead atoms. The van der Waals surface area contributed by atoms with E-state index in [9.17, 15) is 14.4 Å². The molecule has 1 aliphatic heterocycles. The van der Waals surface area contributed by atoms with Gasteiger partial charge in [-0.1, -0.05) is 23.8 Å². The van der Waals surface area contributed by atoms with E-state index < -0.39 is 6.04 Å². The van der Waals surface area contributed by atoms with Crippen molar-refractivity contribution in [3.05, 3.63) is 41.4 Å². The molecule has 134 valence electrons. The monoisotopic (exact) mass is 370 g/mol. The van der Waals surface area contributed by atoms with E-state index in [0.29, 0.717) is 22.5 Å². The largest absolute Gasteiger partial charge is 0.324 e. The van der Waals surface area contributed by atoms with Gasteiger partial charge in [-0.25, -0.2) is 0 Å². The first-order valence-electron chi connectivity index (χ1n) is 9.09. The van der Waals surface area contributed by atoms with Crippen molar-refractivity contribution in [2.45, 2.75) is 19.4 Å². The Labute approximate surface area is 156 Å². The second kappa shape index (κ2) is 5.43. The molecule has 3 amide bonds. The maximum atomic E-state index is 13.0. The van der Waals surface area contributed by atoms with Crippen LogP contribution in [0, 0.1) is 35.5 Å². The fourth-order valence-electron chi connectivity index (χ4n) is 5.26. The van der Waals surface area contributed by atoms with Crippen molar-refractivity contribution in [3.8, 4) is 0 Å². The van der Waals surface area contributed by atoms with E-state index in [0.717, 1.165) is 6.42 Å². The van der Waals surface area contributed by atoms with Gasteiger partial charge in [0.2, 0.25) is 17.7 Å². The Kier molecular flexibility index (Phi) is 3.35. The number of benzene rings is 1. The van der Waals surface area contributed by atoms with Crippen LogP contribution in [0.3, 0.4) is 0 Å². The molecule has 26 heavy (non-hydrogen) atoms. The summed E-state index contributed by atoms with van der Waals surface area (Å²) in [5.41, 5.74) is 0.589. The fraction of sp³-hybridized carbons (Fsp3) is 0.450. The molecule has 1 aromatic rings. The number of allylic oxidation sites excluding steroid dienone is 2. The van der Waals surface area contributed by atoms with Gasteiger partial charge in [0, 0.05) is 10.7 Å². The number of nitrogens with zero attached hydrogens (tertiary/aromatic N) is 1. The van der Waals surface area contributed by atoms with Crippen LogP contribution in [0.1, 0.15) is 13.3 Å². The van der Waals surface area contributed by atoms with Crippen LogP contribution in [0.2, 0.25) is 5.02 Å². The van der Waals surface area contributed by atoms with Crippen molar-refractivity contribution in [2.75, 3.05) is 5.32 Å². The second-order valence-electron chi connectivity index (χ2n) is 7.87. The molecular weight excluding hydrogens is 352 g/mol. The number of rotatable bonds is 3. The van der Waals surface area contributed by atoms with Crippen LogP contribution >= 0.6 is 11.6 Å². The number of hydrogen-bond donors (Lipinski definition) is 1. The average molecular weight is 371 g/mol. The fourth-order valence-corrected chi connectivity index (χ4v) is 5.38. The highest BCUT2D eigenvalue weighted by Gasteiger charge is 2.67. The van der Waals surface area contributed by atoms with E-state index in [1.807, 2.05) is 0 Å². The molecule has 5 nitrogen and oxygen atoms in total. The third-order valence-corrected chi connectivity index (χ3v) is 6.83. The lowest BCUT2D eigenvalue weighted by atomic mass is 9.63. The summed E-state index contributed by atoms with van der Waals surface area (Å²) in [4.78, 5) is 39.9. The summed E-state index contributed by atoms with van der Waals surface area (Å²) in [6.45, 7) is 1.62. The summed E-state index contributed by atoms with van der Waals surface area (Å²) in [5, 5.41) is 3.34. The first-order chi connectivity index (χ1) is 12.5. The molecule has 1 N–H and O–H groups in total. The standard InChI is InChI=1S/C20H19ClN2O3/c1-9(18(24)22-11-4-2-10(21)3-5-11)23-19(25)16-12-6-7-13(15-8-14(12)15)17(16)20(23)26/h2-7,9,12-17H,8H2,1H3,(H,22,24)/t9-,12-,13-,14-,15-,16-,17+/m1/s1. The first kappa shape index (κ1) is 16.1. The minimum atomic E-state index is -0.827. The number of carbonyl (C=O) groups is 3. The molecule has 6 heteroatoms. The van der Waals surface area contributed by atoms with Crippen LogP contribution in [-0.4, -0.2) is 28.7 Å². The van der Waals surface area contributed by atoms with Gasteiger partial charge in [-0.05, 0) is 61.3 Å². The number of amides is 3. The predicted molar refractivity (Wildman–Crippen MR) is 96.1 cm³/mol. The Bertz CT molecular complexity index is 813. The van der Waals surface area contributed by atoms with Gasteiger partial charge in [0.05, 0.1) is 11.8 Å². The number of halogens is 1. The predicted octanol–water partition coefficient (Wildman–Crippen LogP) is 2.72. The minimum absolute atomic E-state index is 0.169.